The first-order valence-corrected chi connectivity index (χ1v) is 10.8. The van der Waals surface area contributed by atoms with Crippen LogP contribution in [0.4, 0.5) is 5.69 Å². The van der Waals surface area contributed by atoms with Gasteiger partial charge in [-0.3, -0.25) is 19.2 Å². The van der Waals surface area contributed by atoms with Gasteiger partial charge in [-0.05, 0) is 11.5 Å². The molecule has 0 saturated heterocycles. The molecule has 1 saturated carbocycles. The number of amides is 2. The van der Waals surface area contributed by atoms with Crippen LogP contribution in [-0.2, 0) is 14.4 Å². The molecule has 1 fully saturated rings. The van der Waals surface area contributed by atoms with Crippen molar-refractivity contribution in [1.29, 1.82) is 0 Å². The van der Waals surface area contributed by atoms with Crippen molar-refractivity contribution in [2.45, 2.75) is 44.0 Å². The average molecular weight is 495 g/mol. The Balaban J connectivity index is 1.96. The number of aliphatic hydroxyl groups is 4. The Morgan fingerprint density at radius 1 is 1.24 bits per heavy atom. The van der Waals surface area contributed by atoms with E-state index in [2.05, 4.69) is 5.32 Å². The molecule has 3 aliphatic rings. The highest BCUT2D eigenvalue weighted by Crippen LogP contribution is 2.58. The van der Waals surface area contributed by atoms with Gasteiger partial charge in [0.05, 0.1) is 28.3 Å². The molecule has 0 heterocycles. The minimum atomic E-state index is -2.73. The van der Waals surface area contributed by atoms with E-state index >= 15 is 0 Å². The van der Waals surface area contributed by atoms with Crippen molar-refractivity contribution in [2.24, 2.45) is 23.5 Å². The third-order valence-electron chi connectivity index (χ3n) is 7.30. The van der Waals surface area contributed by atoms with Gasteiger partial charge in [0.25, 0.3) is 5.91 Å². The number of anilines is 1. The molecule has 0 aromatic heterocycles. The lowest BCUT2D eigenvalue weighted by Gasteiger charge is -2.56. The minimum absolute atomic E-state index is 0.0438. The van der Waals surface area contributed by atoms with Gasteiger partial charge in [-0.25, -0.2) is 0 Å². The van der Waals surface area contributed by atoms with Crippen LogP contribution in [0.2, 0.25) is 5.02 Å². The Morgan fingerprint density at radius 2 is 1.85 bits per heavy atom. The van der Waals surface area contributed by atoms with Crippen LogP contribution in [0.3, 0.4) is 0 Å². The average Bonchev–Trinajstić information content (AvgIpc) is 2.72. The van der Waals surface area contributed by atoms with Gasteiger partial charge in [-0.1, -0.05) is 18.5 Å². The summed E-state index contributed by atoms with van der Waals surface area (Å²) in [6, 6.07) is 1.04. The molecule has 0 aliphatic heterocycles. The number of nitrogens with two attached hydrogens (primary N) is 1. The van der Waals surface area contributed by atoms with E-state index in [0.717, 1.165) is 6.07 Å². The van der Waals surface area contributed by atoms with Gasteiger partial charge in [0, 0.05) is 31.2 Å². The Labute approximate surface area is 197 Å². The Hall–Kier alpha value is -2.99. The summed E-state index contributed by atoms with van der Waals surface area (Å²) >= 11 is 6.22. The zero-order chi connectivity index (χ0) is 25.4. The second-order valence-corrected chi connectivity index (χ2v) is 9.47. The van der Waals surface area contributed by atoms with Crippen molar-refractivity contribution >= 4 is 40.7 Å². The number of phenolic OH excluding ortho intramolecular Hbond substituents is 1. The van der Waals surface area contributed by atoms with Crippen LogP contribution in [0, 0.1) is 17.8 Å². The number of halogens is 1. The maximum atomic E-state index is 13.6. The van der Waals surface area contributed by atoms with Gasteiger partial charge >= 0.3 is 0 Å². The predicted molar refractivity (Wildman–Crippen MR) is 116 cm³/mol. The molecular weight excluding hydrogens is 472 g/mol. The fraction of sp³-hybridized carbons (Fsp3) is 0.455. The van der Waals surface area contributed by atoms with Crippen LogP contribution in [0.25, 0.3) is 0 Å². The summed E-state index contributed by atoms with van der Waals surface area (Å²) in [6.07, 6.45) is -4.33. The molecule has 1 aromatic carbocycles. The van der Waals surface area contributed by atoms with Gasteiger partial charge in [0.1, 0.15) is 23.2 Å². The fourth-order valence-electron chi connectivity index (χ4n) is 5.88. The first-order chi connectivity index (χ1) is 15.7. The first kappa shape index (κ1) is 24.1. The van der Waals surface area contributed by atoms with Crippen molar-refractivity contribution in [3.05, 3.63) is 33.5 Å². The SMILES string of the molecule is CC(=O)Nc1c(Cl)cc(O)c2c1[C@@H](C)C1C(C2=O)C(O)C2(O)C(O)=C(C(N)=O)C(=O)CC2[C@H]1O. The number of Topliss-reactive ketones (excluding diaryl/α,β-unsaturated/α-hetero) is 2. The van der Waals surface area contributed by atoms with Crippen molar-refractivity contribution in [3.8, 4) is 5.75 Å². The predicted octanol–water partition coefficient (Wildman–Crippen LogP) is -0.111. The number of ketones is 2. The number of benzene rings is 1. The lowest BCUT2D eigenvalue weighted by molar-refractivity contribution is -0.209. The molecule has 5 unspecified atom stereocenters. The van der Waals surface area contributed by atoms with Gasteiger partial charge < -0.3 is 36.6 Å². The van der Waals surface area contributed by atoms with Crippen molar-refractivity contribution < 1.29 is 44.7 Å². The molecule has 182 valence electrons. The number of carbonyl (C=O) groups excluding carboxylic acids is 4. The summed E-state index contributed by atoms with van der Waals surface area (Å²) in [4.78, 5) is 49.5. The molecule has 7 atom stereocenters. The van der Waals surface area contributed by atoms with Crippen LogP contribution < -0.4 is 11.1 Å². The first-order valence-electron chi connectivity index (χ1n) is 10.5. The highest BCUT2D eigenvalue weighted by molar-refractivity contribution is 6.34. The zero-order valence-electron chi connectivity index (χ0n) is 18.1. The van der Waals surface area contributed by atoms with Gasteiger partial charge in [-0.2, -0.15) is 0 Å². The number of aromatic hydroxyl groups is 1. The Kier molecular flexibility index (Phi) is 5.52. The molecule has 4 rings (SSSR count). The quantitative estimate of drug-likeness (QED) is 0.216. The summed E-state index contributed by atoms with van der Waals surface area (Å²) in [6.45, 7) is 2.78. The van der Waals surface area contributed by atoms with E-state index in [1.54, 1.807) is 6.92 Å². The van der Waals surface area contributed by atoms with E-state index in [4.69, 9.17) is 17.3 Å². The molecule has 0 spiro atoms. The summed E-state index contributed by atoms with van der Waals surface area (Å²) < 4.78 is 0. The third kappa shape index (κ3) is 3.01. The second kappa shape index (κ2) is 7.77. The molecule has 8 N–H and O–H groups in total. The van der Waals surface area contributed by atoms with Crippen LogP contribution >= 0.6 is 11.6 Å². The maximum Gasteiger partial charge on any atom is 0.255 e. The van der Waals surface area contributed by atoms with Crippen molar-refractivity contribution in [2.75, 3.05) is 5.32 Å². The molecule has 12 heteroatoms. The van der Waals surface area contributed by atoms with Crippen LogP contribution in [0.5, 0.6) is 5.75 Å². The van der Waals surface area contributed by atoms with E-state index in [9.17, 15) is 44.7 Å². The van der Waals surface area contributed by atoms with Gasteiger partial charge in [0.2, 0.25) is 5.91 Å². The number of hydrogen-bond acceptors (Lipinski definition) is 9. The second-order valence-electron chi connectivity index (χ2n) is 9.06. The Morgan fingerprint density at radius 3 is 2.41 bits per heavy atom. The van der Waals surface area contributed by atoms with Crippen LogP contribution in [0.1, 0.15) is 42.1 Å². The lowest BCUT2D eigenvalue weighted by atomic mass is 9.51. The van der Waals surface area contributed by atoms with Crippen LogP contribution in [0.15, 0.2) is 17.4 Å². The minimum Gasteiger partial charge on any atom is -0.508 e. The monoisotopic (exact) mass is 494 g/mol. The standard InChI is InChI=1S/C22H23ClN2O9/c1-5-11-13(10(28)4-8(23)16(11)25-6(2)26)18(30)15-12(5)17(29)7-3-9(27)14(21(24)33)19(31)22(7,34)20(15)32/h4-5,7,12,15,17,20,28-29,31-32,34H,3H2,1-2H3,(H2,24,33)(H,25,26)/t5-,7?,12?,15?,17-,20?,22?/m1/s1. The lowest BCUT2D eigenvalue weighted by Crippen LogP contribution is -2.69. The number of primary amides is 1. The number of phenols is 1. The normalized spacial score (nSPS) is 34.8. The maximum absolute atomic E-state index is 13.6. The molecule has 2 amide bonds. The summed E-state index contributed by atoms with van der Waals surface area (Å²) in [5, 5.41) is 57.4. The molecule has 0 bridgehead atoms. The molecule has 3 aliphatic carbocycles. The van der Waals surface area contributed by atoms with E-state index in [0.29, 0.717) is 0 Å². The fourth-order valence-corrected chi connectivity index (χ4v) is 6.13. The van der Waals surface area contributed by atoms with E-state index in [1.165, 1.54) is 6.92 Å². The zero-order valence-corrected chi connectivity index (χ0v) is 18.8. The van der Waals surface area contributed by atoms with E-state index in [-0.39, 0.29) is 21.8 Å². The molecule has 0 radical (unpaired) electrons. The number of fused-ring (bicyclic) bond motifs is 3. The smallest absolute Gasteiger partial charge is 0.255 e. The number of nitrogens with one attached hydrogen (secondary N) is 1. The van der Waals surface area contributed by atoms with Crippen molar-refractivity contribution in [3.63, 3.8) is 0 Å². The van der Waals surface area contributed by atoms with Crippen LogP contribution in [-0.4, -0.2) is 66.7 Å². The largest absolute Gasteiger partial charge is 0.508 e. The topological polar surface area (TPSA) is 207 Å². The molecular formula is C22H23ClN2O9. The third-order valence-corrected chi connectivity index (χ3v) is 7.60. The Bertz CT molecular complexity index is 1200. The van der Waals surface area contributed by atoms with Gasteiger partial charge in [0.15, 0.2) is 17.2 Å². The highest BCUT2D eigenvalue weighted by atomic mass is 35.5. The number of rotatable bonds is 2. The molecule has 11 nitrogen and oxygen atoms in total. The summed E-state index contributed by atoms with van der Waals surface area (Å²) in [5.74, 6) is -10.4. The number of aliphatic hydroxyl groups excluding tert-OH is 3. The molecule has 34 heavy (non-hydrogen) atoms. The van der Waals surface area contributed by atoms with E-state index < -0.39 is 88.4 Å². The molecule has 1 aromatic rings. The van der Waals surface area contributed by atoms with E-state index in [1.807, 2.05) is 0 Å². The highest BCUT2D eigenvalue weighted by Gasteiger charge is 2.67. The van der Waals surface area contributed by atoms with Crippen molar-refractivity contribution in [1.82, 2.24) is 0 Å². The van der Waals surface area contributed by atoms with Gasteiger partial charge in [-0.15, -0.1) is 0 Å². The number of hydrogen-bond donors (Lipinski definition) is 7. The number of carbonyl (C=O) groups is 4. The summed E-state index contributed by atoms with van der Waals surface area (Å²) in [5.41, 5.74) is 1.42. The summed E-state index contributed by atoms with van der Waals surface area (Å²) in [7, 11) is 0.